The summed E-state index contributed by atoms with van der Waals surface area (Å²) in [6, 6.07) is 8.33. The summed E-state index contributed by atoms with van der Waals surface area (Å²) >= 11 is 0. The number of aryl methyl sites for hydroxylation is 2. The largest absolute Gasteiger partial charge is 0.350 e. The van der Waals surface area contributed by atoms with Crippen molar-refractivity contribution in [2.75, 3.05) is 0 Å². The highest BCUT2D eigenvalue weighted by Crippen LogP contribution is 2.21. The third-order valence-corrected chi connectivity index (χ3v) is 3.05. The van der Waals surface area contributed by atoms with Gasteiger partial charge in [0.05, 0.1) is 0 Å². The van der Waals surface area contributed by atoms with Crippen molar-refractivity contribution in [2.24, 2.45) is 7.05 Å². The van der Waals surface area contributed by atoms with Gasteiger partial charge in [-0.3, -0.25) is 4.79 Å². The first-order valence-electron chi connectivity index (χ1n) is 5.77. The third-order valence-electron chi connectivity index (χ3n) is 3.05. The molecule has 0 aliphatic rings. The molecule has 0 fully saturated rings. The molecule has 2 nitrogen and oxygen atoms in total. The molecule has 0 saturated heterocycles. The topological polar surface area (TPSA) is 22.0 Å². The maximum Gasteiger partial charge on any atom is 0.132 e. The van der Waals surface area contributed by atoms with Crippen molar-refractivity contribution in [1.29, 1.82) is 0 Å². The third kappa shape index (κ3) is 2.01. The predicted molar refractivity (Wildman–Crippen MR) is 66.5 cm³/mol. The number of hydrogen-bond acceptors (Lipinski definition) is 1. The lowest BCUT2D eigenvalue weighted by Crippen LogP contribution is -1.97. The second-order valence-corrected chi connectivity index (χ2v) is 4.17. The number of hydrogen-bond donors (Lipinski definition) is 0. The molecule has 2 rings (SSSR count). The van der Waals surface area contributed by atoms with Crippen LogP contribution >= 0.6 is 0 Å². The van der Waals surface area contributed by atoms with Gasteiger partial charge in [-0.25, -0.2) is 0 Å². The fourth-order valence-corrected chi connectivity index (χ4v) is 2.08. The molecule has 0 radical (unpaired) electrons. The Morgan fingerprint density at radius 1 is 1.31 bits per heavy atom. The van der Waals surface area contributed by atoms with Crippen molar-refractivity contribution < 1.29 is 4.79 Å². The van der Waals surface area contributed by atoms with Gasteiger partial charge in [0.2, 0.25) is 0 Å². The average Bonchev–Trinajstić information content (AvgIpc) is 2.64. The summed E-state index contributed by atoms with van der Waals surface area (Å²) in [7, 11) is 2.05. The standard InChI is InChI=1S/C14H17NO/c1-3-12(16)9-8-11-10-15(2)14-7-5-4-6-13(11)14/h4-7,10H,3,8-9H2,1-2H3. The molecule has 0 aliphatic carbocycles. The summed E-state index contributed by atoms with van der Waals surface area (Å²) < 4.78 is 2.13. The molecule has 2 aromatic rings. The monoisotopic (exact) mass is 215 g/mol. The van der Waals surface area contributed by atoms with Gasteiger partial charge in [-0.15, -0.1) is 0 Å². The van der Waals surface area contributed by atoms with Gasteiger partial charge in [-0.05, 0) is 18.1 Å². The Balaban J connectivity index is 2.27. The summed E-state index contributed by atoms with van der Waals surface area (Å²) in [4.78, 5) is 11.3. The number of para-hydroxylation sites is 1. The molecule has 0 amide bonds. The first-order valence-corrected chi connectivity index (χ1v) is 5.77. The summed E-state index contributed by atoms with van der Waals surface area (Å²) in [5.41, 5.74) is 2.52. The Hall–Kier alpha value is -1.57. The molecular weight excluding hydrogens is 198 g/mol. The Morgan fingerprint density at radius 3 is 2.81 bits per heavy atom. The molecule has 16 heavy (non-hydrogen) atoms. The number of benzene rings is 1. The van der Waals surface area contributed by atoms with Crippen molar-refractivity contribution in [3.05, 3.63) is 36.0 Å². The Labute approximate surface area is 95.9 Å². The average molecular weight is 215 g/mol. The molecule has 1 heterocycles. The Morgan fingerprint density at radius 2 is 2.06 bits per heavy atom. The van der Waals surface area contributed by atoms with Gasteiger partial charge in [0, 0.05) is 37.0 Å². The molecule has 0 atom stereocenters. The van der Waals surface area contributed by atoms with Crippen molar-refractivity contribution in [3.8, 4) is 0 Å². The minimum atomic E-state index is 0.341. The van der Waals surface area contributed by atoms with Gasteiger partial charge >= 0.3 is 0 Å². The van der Waals surface area contributed by atoms with E-state index in [1.807, 2.05) is 26.1 Å². The molecule has 0 aliphatic heterocycles. The first-order chi connectivity index (χ1) is 7.72. The number of nitrogens with zero attached hydrogens (tertiary/aromatic N) is 1. The maximum atomic E-state index is 11.3. The van der Waals surface area contributed by atoms with Crippen LogP contribution in [0.15, 0.2) is 30.5 Å². The zero-order valence-corrected chi connectivity index (χ0v) is 9.86. The number of Topliss-reactive ketones (excluding diaryl/α,β-unsaturated/α-hetero) is 1. The number of rotatable bonds is 4. The van der Waals surface area contributed by atoms with E-state index in [1.165, 1.54) is 16.5 Å². The number of carbonyl (C=O) groups is 1. The lowest BCUT2D eigenvalue weighted by molar-refractivity contribution is -0.118. The number of fused-ring (bicyclic) bond motifs is 1. The van der Waals surface area contributed by atoms with E-state index >= 15 is 0 Å². The van der Waals surface area contributed by atoms with E-state index in [2.05, 4.69) is 22.9 Å². The van der Waals surface area contributed by atoms with E-state index in [4.69, 9.17) is 0 Å². The molecule has 2 heteroatoms. The van der Waals surface area contributed by atoms with Crippen molar-refractivity contribution in [3.63, 3.8) is 0 Å². The molecule has 1 aromatic carbocycles. The summed E-state index contributed by atoms with van der Waals surface area (Å²) in [5.74, 6) is 0.341. The quantitative estimate of drug-likeness (QED) is 0.768. The number of carbonyl (C=O) groups excluding carboxylic acids is 1. The van der Waals surface area contributed by atoms with Crippen LogP contribution in [0.2, 0.25) is 0 Å². The lowest BCUT2D eigenvalue weighted by Gasteiger charge is -1.97. The molecule has 0 spiro atoms. The molecule has 1 aromatic heterocycles. The van der Waals surface area contributed by atoms with E-state index in [0.717, 1.165) is 6.42 Å². The van der Waals surface area contributed by atoms with Gasteiger partial charge in [-0.2, -0.15) is 0 Å². The summed E-state index contributed by atoms with van der Waals surface area (Å²) in [5, 5.41) is 1.27. The van der Waals surface area contributed by atoms with Crippen molar-refractivity contribution in [2.45, 2.75) is 26.2 Å². The van der Waals surface area contributed by atoms with Crippen molar-refractivity contribution in [1.82, 2.24) is 4.57 Å². The summed E-state index contributed by atoms with van der Waals surface area (Å²) in [6.07, 6.45) is 4.29. The van der Waals surface area contributed by atoms with Crippen LogP contribution in [0.4, 0.5) is 0 Å². The van der Waals surface area contributed by atoms with Crippen LogP contribution in [0.25, 0.3) is 10.9 Å². The van der Waals surface area contributed by atoms with Gasteiger partial charge in [-0.1, -0.05) is 25.1 Å². The van der Waals surface area contributed by atoms with E-state index in [0.29, 0.717) is 18.6 Å². The van der Waals surface area contributed by atoms with E-state index in [9.17, 15) is 4.79 Å². The van der Waals surface area contributed by atoms with Crippen LogP contribution in [0.3, 0.4) is 0 Å². The second kappa shape index (κ2) is 4.52. The zero-order valence-electron chi connectivity index (χ0n) is 9.86. The smallest absolute Gasteiger partial charge is 0.132 e. The summed E-state index contributed by atoms with van der Waals surface area (Å²) in [6.45, 7) is 1.92. The lowest BCUT2D eigenvalue weighted by atomic mass is 10.1. The van der Waals surface area contributed by atoms with Gasteiger partial charge in [0.15, 0.2) is 0 Å². The van der Waals surface area contributed by atoms with Crippen LogP contribution in [-0.4, -0.2) is 10.4 Å². The molecule has 0 N–H and O–H groups in total. The minimum absolute atomic E-state index is 0.341. The van der Waals surface area contributed by atoms with Crippen LogP contribution in [0.1, 0.15) is 25.3 Å². The molecule has 84 valence electrons. The van der Waals surface area contributed by atoms with E-state index < -0.39 is 0 Å². The number of ketones is 1. The minimum Gasteiger partial charge on any atom is -0.350 e. The first kappa shape index (κ1) is 10.9. The fraction of sp³-hybridized carbons (Fsp3) is 0.357. The van der Waals surface area contributed by atoms with E-state index in [1.54, 1.807) is 0 Å². The molecule has 0 saturated carbocycles. The van der Waals surface area contributed by atoms with Crippen LogP contribution in [0, 0.1) is 0 Å². The van der Waals surface area contributed by atoms with Crippen molar-refractivity contribution >= 4 is 16.7 Å². The SMILES string of the molecule is CCC(=O)CCc1cn(C)c2ccccc12. The maximum absolute atomic E-state index is 11.3. The van der Waals surface area contributed by atoms with Gasteiger partial charge in [0.25, 0.3) is 0 Å². The van der Waals surface area contributed by atoms with Crippen LogP contribution < -0.4 is 0 Å². The molecule has 0 bridgehead atoms. The normalized spacial score (nSPS) is 10.9. The van der Waals surface area contributed by atoms with Crippen LogP contribution in [0.5, 0.6) is 0 Å². The highest BCUT2D eigenvalue weighted by atomic mass is 16.1. The van der Waals surface area contributed by atoms with Gasteiger partial charge < -0.3 is 4.57 Å². The molecule has 0 unspecified atom stereocenters. The fourth-order valence-electron chi connectivity index (χ4n) is 2.08. The predicted octanol–water partition coefficient (Wildman–Crippen LogP) is 3.09. The van der Waals surface area contributed by atoms with Gasteiger partial charge in [0.1, 0.15) is 5.78 Å². The second-order valence-electron chi connectivity index (χ2n) is 4.17. The zero-order chi connectivity index (χ0) is 11.5. The highest BCUT2D eigenvalue weighted by Gasteiger charge is 2.07. The number of aromatic nitrogens is 1. The molecular formula is C14H17NO. The Bertz CT molecular complexity index is 510. The Kier molecular flexibility index (Phi) is 3.09. The van der Waals surface area contributed by atoms with Crippen LogP contribution in [-0.2, 0) is 18.3 Å². The highest BCUT2D eigenvalue weighted by molar-refractivity contribution is 5.85. The van der Waals surface area contributed by atoms with E-state index in [-0.39, 0.29) is 0 Å².